The maximum Gasteiger partial charge on any atom is 0.0440 e. The van der Waals surface area contributed by atoms with E-state index in [1.807, 2.05) is 23.9 Å². The maximum absolute atomic E-state index is 6.23. The van der Waals surface area contributed by atoms with Crippen LogP contribution in [0.1, 0.15) is 38.2 Å². The van der Waals surface area contributed by atoms with Crippen LogP contribution in [0.25, 0.3) is 0 Å². The molecule has 0 spiro atoms. The molecule has 0 aromatic heterocycles. The molecular weight excluding hydrogens is 262 g/mol. The Balaban J connectivity index is 1.79. The van der Waals surface area contributed by atoms with Gasteiger partial charge in [0.1, 0.15) is 0 Å². The number of nitrogens with one attached hydrogen (secondary N) is 1. The molecule has 0 heterocycles. The molecule has 0 bridgehead atoms. The SMILES string of the molecule is CSC(C)(C)CNC1CC(c2ccccc2Cl)C1. The summed E-state index contributed by atoms with van der Waals surface area (Å²) in [7, 11) is 0. The summed E-state index contributed by atoms with van der Waals surface area (Å²) in [6.45, 7) is 5.65. The van der Waals surface area contributed by atoms with Crippen LogP contribution in [0, 0.1) is 0 Å². The Bertz CT molecular complexity index is 399. The highest BCUT2D eigenvalue weighted by atomic mass is 35.5. The van der Waals surface area contributed by atoms with E-state index < -0.39 is 0 Å². The lowest BCUT2D eigenvalue weighted by atomic mass is 9.76. The first-order chi connectivity index (χ1) is 8.52. The van der Waals surface area contributed by atoms with E-state index >= 15 is 0 Å². The zero-order valence-corrected chi connectivity index (χ0v) is 12.9. The smallest absolute Gasteiger partial charge is 0.0440 e. The first-order valence-electron chi connectivity index (χ1n) is 6.55. The van der Waals surface area contributed by atoms with Gasteiger partial charge in [-0.1, -0.05) is 29.8 Å². The molecule has 1 aromatic carbocycles. The molecule has 0 amide bonds. The number of hydrogen-bond acceptors (Lipinski definition) is 2. The van der Waals surface area contributed by atoms with Crippen LogP contribution in [-0.2, 0) is 0 Å². The molecule has 2 rings (SSSR count). The van der Waals surface area contributed by atoms with Crippen molar-refractivity contribution in [1.82, 2.24) is 5.32 Å². The summed E-state index contributed by atoms with van der Waals surface area (Å²) in [5, 5.41) is 4.59. The van der Waals surface area contributed by atoms with E-state index in [0.29, 0.717) is 16.7 Å². The van der Waals surface area contributed by atoms with Crippen LogP contribution in [0.3, 0.4) is 0 Å². The van der Waals surface area contributed by atoms with Crippen molar-refractivity contribution in [2.24, 2.45) is 0 Å². The Morgan fingerprint density at radius 2 is 2.00 bits per heavy atom. The molecular formula is C15H22ClNS. The number of thioether (sulfide) groups is 1. The second-order valence-electron chi connectivity index (χ2n) is 5.73. The third-order valence-electron chi connectivity index (χ3n) is 3.85. The minimum atomic E-state index is 0.329. The second-order valence-corrected chi connectivity index (χ2v) is 7.65. The molecule has 0 aliphatic heterocycles. The van der Waals surface area contributed by atoms with Crippen LogP contribution < -0.4 is 5.32 Å². The van der Waals surface area contributed by atoms with Crippen LogP contribution in [-0.4, -0.2) is 23.6 Å². The monoisotopic (exact) mass is 283 g/mol. The van der Waals surface area contributed by atoms with Gasteiger partial charge in [0.15, 0.2) is 0 Å². The molecule has 3 heteroatoms. The fourth-order valence-electron chi connectivity index (χ4n) is 2.31. The average molecular weight is 284 g/mol. The molecule has 1 aliphatic rings. The van der Waals surface area contributed by atoms with E-state index in [2.05, 4.69) is 37.6 Å². The van der Waals surface area contributed by atoms with Gasteiger partial charge in [0.25, 0.3) is 0 Å². The van der Waals surface area contributed by atoms with Gasteiger partial charge in [-0.05, 0) is 50.5 Å². The maximum atomic E-state index is 6.23. The molecule has 0 unspecified atom stereocenters. The summed E-state index contributed by atoms with van der Waals surface area (Å²) in [6, 6.07) is 8.90. The summed E-state index contributed by atoms with van der Waals surface area (Å²) in [5.41, 5.74) is 1.32. The molecule has 100 valence electrons. The summed E-state index contributed by atoms with van der Waals surface area (Å²) in [5.74, 6) is 0.647. The molecule has 0 radical (unpaired) electrons. The average Bonchev–Trinajstić information content (AvgIpc) is 2.29. The molecule has 1 saturated carbocycles. The predicted molar refractivity (Wildman–Crippen MR) is 82.8 cm³/mol. The molecule has 18 heavy (non-hydrogen) atoms. The highest BCUT2D eigenvalue weighted by Crippen LogP contribution is 2.40. The van der Waals surface area contributed by atoms with E-state index in [1.54, 1.807) is 0 Å². The van der Waals surface area contributed by atoms with Crippen molar-refractivity contribution in [3.8, 4) is 0 Å². The van der Waals surface area contributed by atoms with Crippen LogP contribution in [0.5, 0.6) is 0 Å². The van der Waals surface area contributed by atoms with Crippen LogP contribution in [0.2, 0.25) is 5.02 Å². The number of hydrogen-bond donors (Lipinski definition) is 1. The van der Waals surface area contributed by atoms with Crippen molar-refractivity contribution in [2.75, 3.05) is 12.8 Å². The number of rotatable bonds is 5. The van der Waals surface area contributed by atoms with Crippen LogP contribution in [0.4, 0.5) is 0 Å². The van der Waals surface area contributed by atoms with Gasteiger partial charge in [-0.15, -0.1) is 0 Å². The zero-order chi connectivity index (χ0) is 13.2. The lowest BCUT2D eigenvalue weighted by molar-refractivity contribution is 0.286. The highest BCUT2D eigenvalue weighted by Gasteiger charge is 2.32. The molecule has 1 nitrogen and oxygen atoms in total. The summed E-state index contributed by atoms with van der Waals surface area (Å²) in [6.07, 6.45) is 4.61. The van der Waals surface area contributed by atoms with Crippen LogP contribution in [0.15, 0.2) is 24.3 Å². The van der Waals surface area contributed by atoms with Gasteiger partial charge >= 0.3 is 0 Å². The Morgan fingerprint density at radius 3 is 2.61 bits per heavy atom. The largest absolute Gasteiger partial charge is 0.313 e. The van der Waals surface area contributed by atoms with E-state index in [1.165, 1.54) is 18.4 Å². The van der Waals surface area contributed by atoms with Crippen molar-refractivity contribution in [3.05, 3.63) is 34.9 Å². The minimum Gasteiger partial charge on any atom is -0.313 e. The number of halogens is 1. The standard InChI is InChI=1S/C15H22ClNS/c1-15(2,18-3)10-17-12-8-11(9-12)13-6-4-5-7-14(13)16/h4-7,11-12,17H,8-10H2,1-3H3. The Morgan fingerprint density at radius 1 is 1.33 bits per heavy atom. The minimum absolute atomic E-state index is 0.329. The fraction of sp³-hybridized carbons (Fsp3) is 0.600. The second kappa shape index (κ2) is 5.85. The van der Waals surface area contributed by atoms with Crippen molar-refractivity contribution < 1.29 is 0 Å². The molecule has 1 aliphatic carbocycles. The predicted octanol–water partition coefficient (Wildman–Crippen LogP) is 4.32. The van der Waals surface area contributed by atoms with Crippen molar-refractivity contribution in [2.45, 2.75) is 43.4 Å². The number of benzene rings is 1. The van der Waals surface area contributed by atoms with Gasteiger partial charge in [0, 0.05) is 22.4 Å². The Hall–Kier alpha value is -0.180. The summed E-state index contributed by atoms with van der Waals surface area (Å²) >= 11 is 8.15. The van der Waals surface area contributed by atoms with E-state index in [4.69, 9.17) is 11.6 Å². The Kier molecular flexibility index (Phi) is 4.63. The quantitative estimate of drug-likeness (QED) is 0.864. The van der Waals surface area contributed by atoms with Crippen LogP contribution >= 0.6 is 23.4 Å². The third-order valence-corrected chi connectivity index (χ3v) is 5.45. The van der Waals surface area contributed by atoms with Crippen molar-refractivity contribution in [1.29, 1.82) is 0 Å². The van der Waals surface area contributed by atoms with Gasteiger partial charge in [-0.2, -0.15) is 11.8 Å². The molecule has 1 fully saturated rings. The highest BCUT2D eigenvalue weighted by molar-refractivity contribution is 7.99. The van der Waals surface area contributed by atoms with Gasteiger partial charge < -0.3 is 5.32 Å². The normalized spacial score (nSPS) is 23.8. The van der Waals surface area contributed by atoms with Gasteiger partial charge in [-0.25, -0.2) is 0 Å². The summed E-state index contributed by atoms with van der Waals surface area (Å²) < 4.78 is 0.329. The van der Waals surface area contributed by atoms with E-state index in [-0.39, 0.29) is 0 Å². The zero-order valence-electron chi connectivity index (χ0n) is 11.4. The summed E-state index contributed by atoms with van der Waals surface area (Å²) in [4.78, 5) is 0. The molecule has 0 atom stereocenters. The lowest BCUT2D eigenvalue weighted by Crippen LogP contribution is -2.45. The van der Waals surface area contributed by atoms with Crippen molar-refractivity contribution >= 4 is 23.4 Å². The van der Waals surface area contributed by atoms with Gasteiger partial charge in [0.2, 0.25) is 0 Å². The topological polar surface area (TPSA) is 12.0 Å². The Labute approximate surface area is 120 Å². The van der Waals surface area contributed by atoms with E-state index in [9.17, 15) is 0 Å². The molecule has 0 saturated heterocycles. The van der Waals surface area contributed by atoms with Gasteiger partial charge in [-0.3, -0.25) is 0 Å². The lowest BCUT2D eigenvalue weighted by Gasteiger charge is -2.38. The first kappa shape index (κ1) is 14.2. The van der Waals surface area contributed by atoms with Gasteiger partial charge in [0.05, 0.1) is 0 Å². The van der Waals surface area contributed by atoms with Crippen molar-refractivity contribution in [3.63, 3.8) is 0 Å². The third kappa shape index (κ3) is 3.43. The molecule has 1 aromatic rings. The molecule has 1 N–H and O–H groups in total. The first-order valence-corrected chi connectivity index (χ1v) is 8.15. The fourth-order valence-corrected chi connectivity index (χ4v) is 2.82. The van der Waals surface area contributed by atoms with E-state index in [0.717, 1.165) is 11.6 Å².